The van der Waals surface area contributed by atoms with Crippen LogP contribution in [0.25, 0.3) is 10.9 Å². The van der Waals surface area contributed by atoms with Crippen LogP contribution in [0.3, 0.4) is 0 Å². The van der Waals surface area contributed by atoms with Crippen molar-refractivity contribution in [2.24, 2.45) is 5.92 Å². The van der Waals surface area contributed by atoms with Crippen LogP contribution in [0.15, 0.2) is 60.0 Å². The molecule has 0 fully saturated rings. The van der Waals surface area contributed by atoms with Crippen LogP contribution in [0, 0.1) is 5.92 Å². The Balaban J connectivity index is 1.56. The van der Waals surface area contributed by atoms with E-state index in [1.54, 1.807) is 13.0 Å². The fourth-order valence-electron chi connectivity index (χ4n) is 3.15. The Morgan fingerprint density at radius 2 is 1.78 bits per heavy atom. The highest BCUT2D eigenvalue weighted by Gasteiger charge is 2.15. The molecule has 1 amide bonds. The van der Waals surface area contributed by atoms with Gasteiger partial charge < -0.3 is 10.1 Å². The summed E-state index contributed by atoms with van der Waals surface area (Å²) in [4.78, 5) is 16.4. The van der Waals surface area contributed by atoms with Crippen LogP contribution in [0.5, 0.6) is 5.88 Å². The van der Waals surface area contributed by atoms with Gasteiger partial charge in [0.25, 0.3) is 5.91 Å². The number of nitrogens with zero attached hydrogens (tertiary/aromatic N) is 1. The van der Waals surface area contributed by atoms with Crippen LogP contribution in [-0.4, -0.2) is 23.5 Å². The maximum atomic E-state index is 14.2. The lowest BCUT2D eigenvalue weighted by Crippen LogP contribution is -2.36. The Morgan fingerprint density at radius 3 is 2.56 bits per heavy atom. The van der Waals surface area contributed by atoms with E-state index in [0.29, 0.717) is 18.1 Å². The lowest BCUT2D eigenvalue weighted by atomic mass is 10.1. The summed E-state index contributed by atoms with van der Waals surface area (Å²) in [5.41, 5.74) is 1.33. The molecule has 2 aromatic rings. The van der Waals surface area contributed by atoms with Gasteiger partial charge in [-0.1, -0.05) is 63.5 Å². The zero-order valence-electron chi connectivity index (χ0n) is 19.9. The molecule has 1 aromatic carbocycles. The third kappa shape index (κ3) is 8.81. The molecular weight excluding hydrogens is 403 g/mol. The number of allylic oxidation sites excluding steroid dienone is 3. The van der Waals surface area contributed by atoms with Crippen LogP contribution in [0.1, 0.15) is 66.2 Å². The lowest BCUT2D eigenvalue weighted by molar-refractivity contribution is -0.119. The molecular formula is C27H37FN2O2. The molecule has 1 unspecified atom stereocenters. The Hall–Kier alpha value is -2.69. The molecule has 1 atom stereocenters. The van der Waals surface area contributed by atoms with Crippen LogP contribution in [0.2, 0.25) is 0 Å². The Morgan fingerprint density at radius 1 is 1.06 bits per heavy atom. The maximum Gasteiger partial charge on any atom is 0.280 e. The zero-order valence-corrected chi connectivity index (χ0v) is 19.9. The number of rotatable bonds is 13. The first-order valence-corrected chi connectivity index (χ1v) is 11.7. The summed E-state index contributed by atoms with van der Waals surface area (Å²) >= 11 is 0. The Bertz CT molecular complexity index is 921. The Labute approximate surface area is 192 Å². The second-order valence-electron chi connectivity index (χ2n) is 8.65. The number of hydrogen-bond acceptors (Lipinski definition) is 3. The molecule has 174 valence electrons. The van der Waals surface area contributed by atoms with Crippen molar-refractivity contribution in [3.05, 3.63) is 60.0 Å². The van der Waals surface area contributed by atoms with Crippen molar-refractivity contribution in [3.63, 3.8) is 0 Å². The smallest absolute Gasteiger partial charge is 0.280 e. The average Bonchev–Trinajstić information content (AvgIpc) is 2.79. The van der Waals surface area contributed by atoms with E-state index in [1.165, 1.54) is 0 Å². The molecule has 0 aliphatic carbocycles. The minimum Gasteiger partial charge on any atom is -0.478 e. The molecule has 2 rings (SSSR count). The summed E-state index contributed by atoms with van der Waals surface area (Å²) in [6.07, 6.45) is 9.96. The number of amides is 1. The summed E-state index contributed by atoms with van der Waals surface area (Å²) < 4.78 is 19.9. The van der Waals surface area contributed by atoms with Gasteiger partial charge in [0.1, 0.15) is 0 Å². The van der Waals surface area contributed by atoms with E-state index in [9.17, 15) is 9.18 Å². The van der Waals surface area contributed by atoms with Gasteiger partial charge in [0, 0.05) is 17.5 Å². The molecule has 4 nitrogen and oxygen atoms in total. The molecule has 32 heavy (non-hydrogen) atoms. The predicted molar refractivity (Wildman–Crippen MR) is 130 cm³/mol. The molecule has 0 spiro atoms. The van der Waals surface area contributed by atoms with E-state index in [4.69, 9.17) is 4.74 Å². The second-order valence-corrected chi connectivity index (χ2v) is 8.65. The van der Waals surface area contributed by atoms with Crippen molar-refractivity contribution in [1.29, 1.82) is 0 Å². The molecule has 0 aliphatic rings. The van der Waals surface area contributed by atoms with Crippen molar-refractivity contribution in [2.75, 3.05) is 6.61 Å². The third-order valence-corrected chi connectivity index (χ3v) is 5.61. The van der Waals surface area contributed by atoms with Gasteiger partial charge in [0.05, 0.1) is 12.1 Å². The SMILES string of the molecule is CC(C=CCCCCCCCOc1ccc2ccccc2n1)=C(F)C(=O)NC(C)C(C)C. The molecule has 0 saturated carbocycles. The van der Waals surface area contributed by atoms with E-state index < -0.39 is 11.7 Å². The van der Waals surface area contributed by atoms with E-state index in [2.05, 4.69) is 10.3 Å². The van der Waals surface area contributed by atoms with Gasteiger partial charge in [0.15, 0.2) is 5.83 Å². The van der Waals surface area contributed by atoms with Crippen LogP contribution < -0.4 is 10.1 Å². The molecule has 1 N–H and O–H groups in total. The maximum absolute atomic E-state index is 14.2. The number of pyridine rings is 1. The normalized spacial score (nSPS) is 13.4. The first-order chi connectivity index (χ1) is 15.4. The number of nitrogens with one attached hydrogen (secondary N) is 1. The first kappa shape index (κ1) is 25.6. The number of hydrogen-bond donors (Lipinski definition) is 1. The fraction of sp³-hybridized carbons (Fsp3) is 0.481. The van der Waals surface area contributed by atoms with E-state index in [-0.39, 0.29) is 12.0 Å². The highest BCUT2D eigenvalue weighted by molar-refractivity contribution is 5.92. The second kappa shape index (κ2) is 13.7. The summed E-state index contributed by atoms with van der Waals surface area (Å²) in [6.45, 7) is 8.18. The summed E-state index contributed by atoms with van der Waals surface area (Å²) in [5, 5.41) is 3.81. The standard InChI is InChI=1S/C27H37FN2O2/c1-20(2)22(4)29-27(31)26(28)21(3)14-10-8-6-5-7-9-13-19-32-25-18-17-23-15-11-12-16-24(23)30-25/h10-12,14-18,20,22H,5-9,13,19H2,1-4H3,(H,29,31). The number of carbonyl (C=O) groups excluding carboxylic acids is 1. The van der Waals surface area contributed by atoms with Crippen molar-refractivity contribution in [1.82, 2.24) is 10.3 Å². The van der Waals surface area contributed by atoms with Gasteiger partial charge in [-0.25, -0.2) is 9.37 Å². The first-order valence-electron chi connectivity index (χ1n) is 11.7. The van der Waals surface area contributed by atoms with Crippen LogP contribution in [0.4, 0.5) is 4.39 Å². The Kier molecular flexibility index (Phi) is 10.9. The number of carbonyl (C=O) groups is 1. The van der Waals surface area contributed by atoms with Gasteiger partial charge in [-0.2, -0.15) is 0 Å². The largest absolute Gasteiger partial charge is 0.478 e. The van der Waals surface area contributed by atoms with Crippen molar-refractivity contribution in [2.45, 2.75) is 72.3 Å². The fourth-order valence-corrected chi connectivity index (χ4v) is 3.15. The summed E-state index contributed by atoms with van der Waals surface area (Å²) in [7, 11) is 0. The number of unbranched alkanes of at least 4 members (excludes halogenated alkanes) is 5. The third-order valence-electron chi connectivity index (χ3n) is 5.61. The number of ether oxygens (including phenoxy) is 1. The quantitative estimate of drug-likeness (QED) is 0.209. The highest BCUT2D eigenvalue weighted by atomic mass is 19.1. The van der Waals surface area contributed by atoms with Gasteiger partial charge >= 0.3 is 0 Å². The molecule has 1 heterocycles. The van der Waals surface area contributed by atoms with E-state index in [1.807, 2.05) is 63.2 Å². The molecule has 0 saturated heterocycles. The van der Waals surface area contributed by atoms with Crippen molar-refractivity contribution >= 4 is 16.8 Å². The number of aromatic nitrogens is 1. The predicted octanol–water partition coefficient (Wildman–Crippen LogP) is 6.91. The molecule has 1 aromatic heterocycles. The van der Waals surface area contributed by atoms with Gasteiger partial charge in [-0.3, -0.25) is 4.79 Å². The summed E-state index contributed by atoms with van der Waals surface area (Å²) in [6, 6.07) is 11.9. The van der Waals surface area contributed by atoms with Crippen LogP contribution in [-0.2, 0) is 4.79 Å². The van der Waals surface area contributed by atoms with Gasteiger partial charge in [-0.05, 0) is 56.7 Å². The molecule has 0 bridgehead atoms. The van der Waals surface area contributed by atoms with Crippen molar-refractivity contribution < 1.29 is 13.9 Å². The van der Waals surface area contributed by atoms with Gasteiger partial charge in [0.2, 0.25) is 5.88 Å². The minimum absolute atomic E-state index is 0.0562. The number of halogens is 1. The number of benzene rings is 1. The highest BCUT2D eigenvalue weighted by Crippen LogP contribution is 2.17. The zero-order chi connectivity index (χ0) is 23.3. The number of para-hydroxylation sites is 1. The van der Waals surface area contributed by atoms with E-state index >= 15 is 0 Å². The van der Waals surface area contributed by atoms with Crippen molar-refractivity contribution in [3.8, 4) is 5.88 Å². The molecule has 0 aliphatic heterocycles. The monoisotopic (exact) mass is 440 g/mol. The molecule has 5 heteroatoms. The minimum atomic E-state index is -0.699. The molecule has 0 radical (unpaired) electrons. The number of fused-ring (bicyclic) bond motifs is 1. The summed E-state index contributed by atoms with van der Waals surface area (Å²) in [5.74, 6) is -0.384. The topological polar surface area (TPSA) is 51.2 Å². The van der Waals surface area contributed by atoms with Crippen LogP contribution >= 0.6 is 0 Å². The lowest BCUT2D eigenvalue weighted by Gasteiger charge is -2.16. The van der Waals surface area contributed by atoms with Gasteiger partial charge in [-0.15, -0.1) is 0 Å². The van der Waals surface area contributed by atoms with E-state index in [0.717, 1.165) is 49.4 Å². The average molecular weight is 441 g/mol.